The highest BCUT2D eigenvalue weighted by molar-refractivity contribution is 6.31. The number of ether oxygens (including phenoxy) is 1. The summed E-state index contributed by atoms with van der Waals surface area (Å²) in [6.07, 6.45) is 3.29. The van der Waals surface area contributed by atoms with E-state index in [1.165, 1.54) is 5.56 Å². The quantitative estimate of drug-likeness (QED) is 0.652. The van der Waals surface area contributed by atoms with Crippen LogP contribution < -0.4 is 11.3 Å². The third kappa shape index (κ3) is 3.23. The van der Waals surface area contributed by atoms with Crippen LogP contribution in [0.3, 0.4) is 0 Å². The third-order valence-electron chi connectivity index (χ3n) is 3.80. The van der Waals surface area contributed by atoms with Gasteiger partial charge in [0.15, 0.2) is 0 Å². The van der Waals surface area contributed by atoms with E-state index in [4.69, 9.17) is 22.2 Å². The van der Waals surface area contributed by atoms with Crippen molar-refractivity contribution in [3.63, 3.8) is 0 Å². The van der Waals surface area contributed by atoms with E-state index in [2.05, 4.69) is 11.5 Å². The second kappa shape index (κ2) is 6.53. The van der Waals surface area contributed by atoms with Crippen molar-refractivity contribution >= 4 is 11.6 Å². The van der Waals surface area contributed by atoms with Crippen molar-refractivity contribution in [2.24, 2.45) is 11.8 Å². The maximum Gasteiger partial charge on any atom is 0.0468 e. The Morgan fingerprint density at radius 1 is 1.44 bits per heavy atom. The Labute approximate surface area is 114 Å². The van der Waals surface area contributed by atoms with Crippen LogP contribution in [0.5, 0.6) is 0 Å². The maximum atomic E-state index is 6.17. The van der Waals surface area contributed by atoms with E-state index in [9.17, 15) is 0 Å². The van der Waals surface area contributed by atoms with Crippen LogP contribution in [0, 0.1) is 12.8 Å². The molecule has 1 aliphatic rings. The van der Waals surface area contributed by atoms with Gasteiger partial charge < -0.3 is 4.74 Å². The number of halogens is 1. The molecule has 0 bridgehead atoms. The lowest BCUT2D eigenvalue weighted by atomic mass is 9.88. The van der Waals surface area contributed by atoms with Gasteiger partial charge in [-0.25, -0.2) is 0 Å². The molecule has 1 aromatic carbocycles. The van der Waals surface area contributed by atoms with Gasteiger partial charge in [0, 0.05) is 24.3 Å². The molecular weight excluding hydrogens is 248 g/mol. The van der Waals surface area contributed by atoms with Crippen LogP contribution in [0.15, 0.2) is 18.2 Å². The molecule has 1 saturated heterocycles. The first-order valence-electron chi connectivity index (χ1n) is 6.51. The first-order valence-corrected chi connectivity index (χ1v) is 6.89. The van der Waals surface area contributed by atoms with Crippen molar-refractivity contribution in [2.75, 3.05) is 13.2 Å². The van der Waals surface area contributed by atoms with E-state index < -0.39 is 0 Å². The molecule has 3 N–H and O–H groups in total. The number of nitrogens with two attached hydrogens (primary N) is 1. The zero-order chi connectivity index (χ0) is 13.0. The average molecular weight is 269 g/mol. The van der Waals surface area contributed by atoms with Gasteiger partial charge in [-0.05, 0) is 49.3 Å². The number of hydrogen-bond acceptors (Lipinski definition) is 3. The molecule has 0 saturated carbocycles. The SMILES string of the molecule is Cc1c(Cl)cccc1C(CC1CCOCC1)NN. The molecule has 1 aromatic rings. The van der Waals surface area contributed by atoms with E-state index in [0.29, 0.717) is 5.92 Å². The Hall–Kier alpha value is -0.610. The van der Waals surface area contributed by atoms with Gasteiger partial charge in [0.05, 0.1) is 0 Å². The maximum absolute atomic E-state index is 6.17. The van der Waals surface area contributed by atoms with E-state index in [0.717, 1.165) is 43.1 Å². The second-order valence-electron chi connectivity index (χ2n) is 4.96. The summed E-state index contributed by atoms with van der Waals surface area (Å²) in [6.45, 7) is 3.79. The first kappa shape index (κ1) is 13.8. The Kier molecular flexibility index (Phi) is 5.01. The van der Waals surface area contributed by atoms with Crippen LogP contribution in [0.2, 0.25) is 5.02 Å². The van der Waals surface area contributed by atoms with Crippen LogP contribution in [-0.4, -0.2) is 13.2 Å². The van der Waals surface area contributed by atoms with Crippen LogP contribution in [0.25, 0.3) is 0 Å². The molecule has 2 rings (SSSR count). The Morgan fingerprint density at radius 2 is 2.17 bits per heavy atom. The van der Waals surface area contributed by atoms with Crippen molar-refractivity contribution in [3.8, 4) is 0 Å². The smallest absolute Gasteiger partial charge is 0.0468 e. The minimum atomic E-state index is 0.173. The van der Waals surface area contributed by atoms with Gasteiger partial charge in [0.25, 0.3) is 0 Å². The normalized spacial score (nSPS) is 18.8. The van der Waals surface area contributed by atoms with Gasteiger partial charge in [0.2, 0.25) is 0 Å². The van der Waals surface area contributed by atoms with E-state index in [-0.39, 0.29) is 6.04 Å². The van der Waals surface area contributed by atoms with Gasteiger partial charge in [-0.15, -0.1) is 0 Å². The number of nitrogens with one attached hydrogen (secondary N) is 1. The molecule has 0 aliphatic carbocycles. The standard InChI is InChI=1S/C14H21ClN2O/c1-10-12(3-2-4-13(10)15)14(17-16)9-11-5-7-18-8-6-11/h2-4,11,14,17H,5-9,16H2,1H3. The van der Waals surface area contributed by atoms with Crippen molar-refractivity contribution in [1.29, 1.82) is 0 Å². The predicted molar refractivity (Wildman–Crippen MR) is 74.4 cm³/mol. The summed E-state index contributed by atoms with van der Waals surface area (Å²) in [4.78, 5) is 0. The van der Waals surface area contributed by atoms with Gasteiger partial charge in [0.1, 0.15) is 0 Å². The Morgan fingerprint density at radius 3 is 2.83 bits per heavy atom. The zero-order valence-electron chi connectivity index (χ0n) is 10.8. The fourth-order valence-electron chi connectivity index (χ4n) is 2.60. The Balaban J connectivity index is 2.09. The van der Waals surface area contributed by atoms with Crippen LogP contribution in [0.4, 0.5) is 0 Å². The van der Waals surface area contributed by atoms with Gasteiger partial charge in [-0.3, -0.25) is 11.3 Å². The molecule has 3 nitrogen and oxygen atoms in total. The summed E-state index contributed by atoms with van der Waals surface area (Å²) >= 11 is 6.17. The predicted octanol–water partition coefficient (Wildman–Crippen LogP) is 2.97. The number of rotatable bonds is 4. The van der Waals surface area contributed by atoms with Crippen molar-refractivity contribution in [1.82, 2.24) is 5.43 Å². The second-order valence-corrected chi connectivity index (χ2v) is 5.37. The van der Waals surface area contributed by atoms with Gasteiger partial charge in [-0.2, -0.15) is 0 Å². The third-order valence-corrected chi connectivity index (χ3v) is 4.21. The highest BCUT2D eigenvalue weighted by Gasteiger charge is 2.21. The average Bonchev–Trinajstić information content (AvgIpc) is 2.41. The number of benzene rings is 1. The molecule has 1 unspecified atom stereocenters. The summed E-state index contributed by atoms with van der Waals surface area (Å²) in [6, 6.07) is 6.18. The van der Waals surface area contributed by atoms with Crippen LogP contribution >= 0.6 is 11.6 Å². The van der Waals surface area contributed by atoms with Crippen molar-refractivity contribution in [3.05, 3.63) is 34.3 Å². The lowest BCUT2D eigenvalue weighted by Crippen LogP contribution is -2.31. The molecule has 18 heavy (non-hydrogen) atoms. The summed E-state index contributed by atoms with van der Waals surface area (Å²) in [5.41, 5.74) is 5.26. The van der Waals surface area contributed by atoms with E-state index in [1.807, 2.05) is 19.1 Å². The highest BCUT2D eigenvalue weighted by Crippen LogP contribution is 2.30. The summed E-state index contributed by atoms with van der Waals surface area (Å²) in [5, 5.41) is 0.805. The lowest BCUT2D eigenvalue weighted by molar-refractivity contribution is 0.0605. The fraction of sp³-hybridized carbons (Fsp3) is 0.571. The summed E-state index contributed by atoms with van der Waals surface area (Å²) in [7, 11) is 0. The minimum Gasteiger partial charge on any atom is -0.381 e. The molecule has 100 valence electrons. The number of hydrazine groups is 1. The Bertz CT molecular complexity index is 391. The van der Waals surface area contributed by atoms with E-state index >= 15 is 0 Å². The molecule has 0 aromatic heterocycles. The highest BCUT2D eigenvalue weighted by atomic mass is 35.5. The summed E-state index contributed by atoms with van der Waals surface area (Å²) < 4.78 is 5.39. The van der Waals surface area contributed by atoms with Crippen LogP contribution in [-0.2, 0) is 4.74 Å². The lowest BCUT2D eigenvalue weighted by Gasteiger charge is -2.27. The molecule has 1 atom stereocenters. The monoisotopic (exact) mass is 268 g/mol. The zero-order valence-corrected chi connectivity index (χ0v) is 11.5. The topological polar surface area (TPSA) is 47.3 Å². The largest absolute Gasteiger partial charge is 0.381 e. The molecule has 0 amide bonds. The van der Waals surface area contributed by atoms with E-state index in [1.54, 1.807) is 0 Å². The molecule has 0 spiro atoms. The first-order chi connectivity index (χ1) is 8.72. The molecule has 4 heteroatoms. The summed E-state index contributed by atoms with van der Waals surface area (Å²) in [5.74, 6) is 6.40. The fourth-order valence-corrected chi connectivity index (χ4v) is 2.78. The van der Waals surface area contributed by atoms with Gasteiger partial charge in [-0.1, -0.05) is 23.7 Å². The number of hydrogen-bond donors (Lipinski definition) is 2. The molecule has 1 fully saturated rings. The molecule has 1 aliphatic heterocycles. The molecule has 1 heterocycles. The molecule has 0 radical (unpaired) electrons. The minimum absolute atomic E-state index is 0.173. The van der Waals surface area contributed by atoms with Crippen LogP contribution in [0.1, 0.15) is 36.4 Å². The van der Waals surface area contributed by atoms with Crippen molar-refractivity contribution in [2.45, 2.75) is 32.2 Å². The molecular formula is C14H21ClN2O. The van der Waals surface area contributed by atoms with Gasteiger partial charge >= 0.3 is 0 Å². The van der Waals surface area contributed by atoms with Crippen molar-refractivity contribution < 1.29 is 4.74 Å².